The number of carbonyl (C=O) groups is 3. The van der Waals surface area contributed by atoms with Gasteiger partial charge in [0.25, 0.3) is 5.91 Å². The van der Waals surface area contributed by atoms with E-state index in [2.05, 4.69) is 25.6 Å². The molecule has 1 aromatic heterocycles. The summed E-state index contributed by atoms with van der Waals surface area (Å²) in [7, 11) is -3.63. The standard InChI is InChI=1S/C26H30N6O5S2/c1-16(2)32-15-19(14-23(32)33)25(35)28-20-8-6-18(7-9-20)24(34)29-26-31-30-22(38-26)12-13-27-39(36,37)21-10-4-17(3)5-11-21/h4-11,16,19,27H,12-15H2,1-3H3,(H,28,35)(H,29,31,34). The molecule has 13 heteroatoms. The van der Waals surface area contributed by atoms with Crippen LogP contribution in [0, 0.1) is 12.8 Å². The fraction of sp³-hybridized carbons (Fsp3) is 0.346. The Morgan fingerprint density at radius 3 is 2.38 bits per heavy atom. The summed E-state index contributed by atoms with van der Waals surface area (Å²) in [6, 6.07) is 13.0. The third-order valence-electron chi connectivity index (χ3n) is 6.22. The van der Waals surface area contributed by atoms with E-state index in [4.69, 9.17) is 0 Å². The lowest BCUT2D eigenvalue weighted by Gasteiger charge is -2.20. The molecule has 0 spiro atoms. The Kier molecular flexibility index (Phi) is 8.73. The molecule has 1 fully saturated rings. The van der Waals surface area contributed by atoms with Gasteiger partial charge in [0, 0.05) is 43.2 Å². The summed E-state index contributed by atoms with van der Waals surface area (Å²) in [4.78, 5) is 39.2. The predicted octanol–water partition coefficient (Wildman–Crippen LogP) is 2.82. The number of aromatic nitrogens is 2. The predicted molar refractivity (Wildman–Crippen MR) is 148 cm³/mol. The van der Waals surface area contributed by atoms with Crippen LogP contribution < -0.4 is 15.4 Å². The monoisotopic (exact) mass is 570 g/mol. The van der Waals surface area contributed by atoms with Crippen molar-refractivity contribution in [3.63, 3.8) is 0 Å². The number of aryl methyl sites for hydroxylation is 1. The SMILES string of the molecule is Cc1ccc(S(=O)(=O)NCCc2nnc(NC(=O)c3ccc(NC(=O)C4CC(=O)N(C(C)C)C4)cc3)s2)cc1. The minimum Gasteiger partial charge on any atom is -0.339 e. The van der Waals surface area contributed by atoms with Crippen molar-refractivity contribution >= 4 is 49.9 Å². The van der Waals surface area contributed by atoms with E-state index in [1.807, 2.05) is 20.8 Å². The van der Waals surface area contributed by atoms with Crippen LogP contribution in [0.1, 0.15) is 41.2 Å². The number of anilines is 2. The van der Waals surface area contributed by atoms with Crippen molar-refractivity contribution in [3.8, 4) is 0 Å². The molecule has 1 aliphatic rings. The average molecular weight is 571 g/mol. The van der Waals surface area contributed by atoms with Gasteiger partial charge in [0.2, 0.25) is 27.0 Å². The molecule has 0 aliphatic carbocycles. The minimum absolute atomic E-state index is 0.0273. The van der Waals surface area contributed by atoms with Crippen LogP contribution in [0.15, 0.2) is 53.4 Å². The first kappa shape index (κ1) is 28.3. The van der Waals surface area contributed by atoms with Crippen molar-refractivity contribution in [1.29, 1.82) is 0 Å². The molecule has 2 heterocycles. The van der Waals surface area contributed by atoms with Gasteiger partial charge in [-0.2, -0.15) is 0 Å². The molecule has 11 nitrogen and oxygen atoms in total. The molecule has 206 valence electrons. The van der Waals surface area contributed by atoms with Gasteiger partial charge >= 0.3 is 0 Å². The Morgan fingerprint density at radius 1 is 1.05 bits per heavy atom. The van der Waals surface area contributed by atoms with Gasteiger partial charge in [-0.25, -0.2) is 13.1 Å². The number of benzene rings is 2. The van der Waals surface area contributed by atoms with Crippen LogP contribution in [0.4, 0.5) is 10.8 Å². The van der Waals surface area contributed by atoms with Gasteiger partial charge in [-0.1, -0.05) is 29.0 Å². The number of sulfonamides is 1. The lowest BCUT2D eigenvalue weighted by Crippen LogP contribution is -2.33. The number of hydrogen-bond donors (Lipinski definition) is 3. The van der Waals surface area contributed by atoms with Crippen molar-refractivity contribution in [2.45, 2.75) is 44.6 Å². The Hall–Kier alpha value is -3.68. The fourth-order valence-corrected chi connectivity index (χ4v) is 5.79. The number of nitrogens with one attached hydrogen (secondary N) is 3. The molecule has 2 aromatic carbocycles. The van der Waals surface area contributed by atoms with Crippen LogP contribution in [0.25, 0.3) is 0 Å². The van der Waals surface area contributed by atoms with Gasteiger partial charge in [0.15, 0.2) is 0 Å². The molecule has 1 unspecified atom stereocenters. The topological polar surface area (TPSA) is 150 Å². The van der Waals surface area contributed by atoms with Crippen molar-refractivity contribution < 1.29 is 22.8 Å². The molecule has 1 aliphatic heterocycles. The Balaban J connectivity index is 1.25. The fourth-order valence-electron chi connectivity index (χ4n) is 4.02. The maximum Gasteiger partial charge on any atom is 0.257 e. The first-order chi connectivity index (χ1) is 18.5. The van der Waals surface area contributed by atoms with Crippen molar-refractivity contribution in [2.24, 2.45) is 5.92 Å². The Morgan fingerprint density at radius 2 is 1.74 bits per heavy atom. The highest BCUT2D eigenvalue weighted by Gasteiger charge is 2.35. The van der Waals surface area contributed by atoms with Crippen molar-refractivity contribution in [3.05, 3.63) is 64.7 Å². The van der Waals surface area contributed by atoms with Crippen LogP contribution in [-0.4, -0.2) is 60.4 Å². The highest BCUT2D eigenvalue weighted by molar-refractivity contribution is 7.89. The lowest BCUT2D eigenvalue weighted by atomic mass is 10.1. The first-order valence-electron chi connectivity index (χ1n) is 12.4. The van der Waals surface area contributed by atoms with E-state index in [1.54, 1.807) is 53.4 Å². The quantitative estimate of drug-likeness (QED) is 0.339. The molecule has 1 atom stereocenters. The Labute approximate surface area is 231 Å². The molecular formula is C26H30N6O5S2. The van der Waals surface area contributed by atoms with Crippen LogP contribution in [-0.2, 0) is 26.0 Å². The third-order valence-corrected chi connectivity index (χ3v) is 8.59. The number of carbonyl (C=O) groups excluding carboxylic acids is 3. The van der Waals surface area contributed by atoms with E-state index >= 15 is 0 Å². The molecule has 4 rings (SSSR count). The lowest BCUT2D eigenvalue weighted by molar-refractivity contribution is -0.129. The zero-order valence-corrected chi connectivity index (χ0v) is 23.4. The van der Waals surface area contributed by atoms with Gasteiger partial charge in [0.05, 0.1) is 10.8 Å². The van der Waals surface area contributed by atoms with Crippen LogP contribution >= 0.6 is 11.3 Å². The van der Waals surface area contributed by atoms with E-state index in [0.29, 0.717) is 29.2 Å². The number of nitrogens with zero attached hydrogens (tertiary/aromatic N) is 3. The van der Waals surface area contributed by atoms with E-state index in [9.17, 15) is 22.8 Å². The van der Waals surface area contributed by atoms with E-state index in [-0.39, 0.29) is 40.8 Å². The summed E-state index contributed by atoms with van der Waals surface area (Å²) in [6.07, 6.45) is 0.501. The van der Waals surface area contributed by atoms with Gasteiger partial charge in [-0.05, 0) is 57.2 Å². The van der Waals surface area contributed by atoms with E-state index in [0.717, 1.165) is 16.9 Å². The van der Waals surface area contributed by atoms with Crippen LogP contribution in [0.2, 0.25) is 0 Å². The smallest absolute Gasteiger partial charge is 0.257 e. The minimum atomic E-state index is -3.63. The zero-order chi connectivity index (χ0) is 28.2. The normalized spacial score (nSPS) is 15.5. The summed E-state index contributed by atoms with van der Waals surface area (Å²) in [5.74, 6) is -1.07. The van der Waals surface area contributed by atoms with E-state index < -0.39 is 21.8 Å². The molecule has 0 radical (unpaired) electrons. The molecule has 3 amide bonds. The maximum absolute atomic E-state index is 12.6. The van der Waals surface area contributed by atoms with Crippen LogP contribution in [0.5, 0.6) is 0 Å². The van der Waals surface area contributed by atoms with E-state index in [1.165, 1.54) is 0 Å². The maximum atomic E-state index is 12.6. The van der Waals surface area contributed by atoms with Gasteiger partial charge in [-0.3, -0.25) is 19.7 Å². The Bertz CT molecular complexity index is 1450. The highest BCUT2D eigenvalue weighted by Crippen LogP contribution is 2.22. The summed E-state index contributed by atoms with van der Waals surface area (Å²) in [5, 5.41) is 14.3. The second-order valence-corrected chi connectivity index (χ2v) is 12.4. The number of rotatable bonds is 10. The zero-order valence-electron chi connectivity index (χ0n) is 21.8. The average Bonchev–Trinajstić information content (AvgIpc) is 3.51. The number of hydrogen-bond acceptors (Lipinski definition) is 8. The molecule has 1 saturated heterocycles. The molecular weight excluding hydrogens is 540 g/mol. The summed E-state index contributed by atoms with van der Waals surface area (Å²) < 4.78 is 27.3. The molecule has 3 aromatic rings. The van der Waals surface area contributed by atoms with Crippen LogP contribution in [0.3, 0.4) is 0 Å². The molecule has 0 bridgehead atoms. The largest absolute Gasteiger partial charge is 0.339 e. The second-order valence-electron chi connectivity index (χ2n) is 9.52. The highest BCUT2D eigenvalue weighted by atomic mass is 32.2. The molecule has 39 heavy (non-hydrogen) atoms. The van der Waals surface area contributed by atoms with Gasteiger partial charge in [0.1, 0.15) is 5.01 Å². The summed E-state index contributed by atoms with van der Waals surface area (Å²) in [6.45, 7) is 6.25. The third kappa shape index (κ3) is 7.25. The van der Waals surface area contributed by atoms with Crippen molar-refractivity contribution in [2.75, 3.05) is 23.7 Å². The van der Waals surface area contributed by atoms with Gasteiger partial charge < -0.3 is 10.2 Å². The number of amides is 3. The first-order valence-corrected chi connectivity index (χ1v) is 14.7. The second kappa shape index (κ2) is 12.0. The van der Waals surface area contributed by atoms with Gasteiger partial charge in [-0.15, -0.1) is 10.2 Å². The summed E-state index contributed by atoms with van der Waals surface area (Å²) in [5.41, 5.74) is 1.85. The molecule has 0 saturated carbocycles. The summed E-state index contributed by atoms with van der Waals surface area (Å²) >= 11 is 1.15. The number of likely N-dealkylation sites (tertiary alicyclic amines) is 1. The molecule has 3 N–H and O–H groups in total. The van der Waals surface area contributed by atoms with Crippen molar-refractivity contribution in [1.82, 2.24) is 19.8 Å².